The van der Waals surface area contributed by atoms with Gasteiger partial charge in [-0.25, -0.2) is 4.98 Å². The molecular weight excluding hydrogens is 184 g/mol. The van der Waals surface area contributed by atoms with E-state index in [9.17, 15) is 0 Å². The van der Waals surface area contributed by atoms with E-state index in [1.165, 1.54) is 0 Å². The van der Waals surface area contributed by atoms with Crippen molar-refractivity contribution in [3.63, 3.8) is 0 Å². The Labute approximate surface area is 83.1 Å². The van der Waals surface area contributed by atoms with Gasteiger partial charge in [0.25, 0.3) is 0 Å². The largest absolute Gasteiger partial charge is 0.378 e. The minimum Gasteiger partial charge on any atom is -0.378 e. The van der Waals surface area contributed by atoms with Crippen LogP contribution in [0, 0.1) is 0 Å². The molecule has 0 radical (unpaired) electrons. The van der Waals surface area contributed by atoms with Gasteiger partial charge in [0.05, 0.1) is 12.3 Å². The van der Waals surface area contributed by atoms with Crippen LogP contribution in [0.4, 0.5) is 0 Å². The van der Waals surface area contributed by atoms with Gasteiger partial charge in [-0.15, -0.1) is 11.3 Å². The van der Waals surface area contributed by atoms with Crippen LogP contribution in [0.15, 0.2) is 5.38 Å². The lowest BCUT2D eigenvalue weighted by Crippen LogP contribution is -2.13. The summed E-state index contributed by atoms with van der Waals surface area (Å²) in [6.07, 6.45) is 1.16. The lowest BCUT2D eigenvalue weighted by Gasteiger charge is -1.97. The first-order chi connectivity index (χ1) is 6.36. The Hall–Kier alpha value is -0.450. The smallest absolute Gasteiger partial charge is 0.107 e. The molecular formula is C9H16N2OS. The molecule has 3 nitrogen and oxygen atoms in total. The fourth-order valence-corrected chi connectivity index (χ4v) is 1.76. The quantitative estimate of drug-likeness (QED) is 0.711. The number of nitrogens with zero attached hydrogens (tertiary/aromatic N) is 1. The summed E-state index contributed by atoms with van der Waals surface area (Å²) in [5.74, 6) is 0. The van der Waals surface area contributed by atoms with Gasteiger partial charge in [-0.2, -0.15) is 0 Å². The number of rotatable bonds is 6. The topological polar surface area (TPSA) is 34.2 Å². The van der Waals surface area contributed by atoms with Crippen molar-refractivity contribution in [2.45, 2.75) is 26.5 Å². The molecule has 1 aromatic rings. The summed E-state index contributed by atoms with van der Waals surface area (Å²) in [6.45, 7) is 4.71. The van der Waals surface area contributed by atoms with Crippen LogP contribution in [-0.4, -0.2) is 18.6 Å². The molecule has 0 spiro atoms. The van der Waals surface area contributed by atoms with Crippen LogP contribution in [-0.2, 0) is 17.9 Å². The number of nitrogens with one attached hydrogen (secondary N) is 1. The highest BCUT2D eigenvalue weighted by molar-refractivity contribution is 7.09. The zero-order chi connectivity index (χ0) is 9.52. The molecule has 0 saturated carbocycles. The van der Waals surface area contributed by atoms with Crippen LogP contribution in [0.25, 0.3) is 0 Å². The first-order valence-corrected chi connectivity index (χ1v) is 5.37. The number of methoxy groups -OCH3 is 1. The second kappa shape index (κ2) is 6.07. The summed E-state index contributed by atoms with van der Waals surface area (Å²) < 4.78 is 4.99. The molecule has 4 heteroatoms. The van der Waals surface area contributed by atoms with E-state index >= 15 is 0 Å². The van der Waals surface area contributed by atoms with Crippen LogP contribution >= 0.6 is 11.3 Å². The third-order valence-corrected chi connectivity index (χ3v) is 2.49. The zero-order valence-corrected chi connectivity index (χ0v) is 8.99. The Morgan fingerprint density at radius 1 is 1.62 bits per heavy atom. The fourth-order valence-electron chi connectivity index (χ4n) is 1.02. The molecule has 0 aliphatic carbocycles. The minimum atomic E-state index is 0.615. The average Bonchev–Trinajstić information content (AvgIpc) is 2.54. The van der Waals surface area contributed by atoms with Crippen molar-refractivity contribution in [3.05, 3.63) is 16.1 Å². The maximum atomic E-state index is 4.99. The molecule has 0 aromatic carbocycles. The minimum absolute atomic E-state index is 0.615. The Bertz CT molecular complexity index is 237. The van der Waals surface area contributed by atoms with E-state index in [2.05, 4.69) is 17.2 Å². The van der Waals surface area contributed by atoms with Gasteiger partial charge >= 0.3 is 0 Å². The summed E-state index contributed by atoms with van der Waals surface area (Å²) in [5, 5.41) is 6.50. The molecule has 1 aromatic heterocycles. The van der Waals surface area contributed by atoms with E-state index in [1.54, 1.807) is 18.4 Å². The summed E-state index contributed by atoms with van der Waals surface area (Å²) in [5.41, 5.74) is 1.03. The van der Waals surface area contributed by atoms with E-state index in [0.29, 0.717) is 6.61 Å². The van der Waals surface area contributed by atoms with Crippen LogP contribution < -0.4 is 5.32 Å². The predicted octanol–water partition coefficient (Wildman–Crippen LogP) is 1.79. The van der Waals surface area contributed by atoms with Crippen LogP contribution in [0.5, 0.6) is 0 Å². The molecule has 0 amide bonds. The number of hydrogen-bond acceptors (Lipinski definition) is 4. The van der Waals surface area contributed by atoms with Crippen LogP contribution in [0.3, 0.4) is 0 Å². The Morgan fingerprint density at radius 2 is 2.46 bits per heavy atom. The Balaban J connectivity index is 2.31. The second-order valence-electron chi connectivity index (χ2n) is 2.84. The number of aromatic nitrogens is 1. The number of thiazole rings is 1. The molecule has 0 aliphatic rings. The summed E-state index contributed by atoms with van der Waals surface area (Å²) in [6, 6.07) is 0. The van der Waals surface area contributed by atoms with Crippen molar-refractivity contribution in [1.82, 2.24) is 10.3 Å². The van der Waals surface area contributed by atoms with E-state index in [4.69, 9.17) is 4.74 Å². The summed E-state index contributed by atoms with van der Waals surface area (Å²) in [4.78, 5) is 4.40. The van der Waals surface area contributed by atoms with Crippen LogP contribution in [0.1, 0.15) is 24.0 Å². The van der Waals surface area contributed by atoms with Crippen molar-refractivity contribution < 1.29 is 4.74 Å². The van der Waals surface area contributed by atoms with Crippen molar-refractivity contribution in [1.29, 1.82) is 0 Å². The molecule has 0 fully saturated rings. The van der Waals surface area contributed by atoms with Crippen LogP contribution in [0.2, 0.25) is 0 Å². The maximum absolute atomic E-state index is 4.99. The monoisotopic (exact) mass is 200 g/mol. The van der Waals surface area contributed by atoms with E-state index < -0.39 is 0 Å². The molecule has 0 atom stereocenters. The average molecular weight is 200 g/mol. The third-order valence-electron chi connectivity index (χ3n) is 1.59. The molecule has 1 N–H and O–H groups in total. The molecule has 1 heterocycles. The third kappa shape index (κ3) is 3.85. The summed E-state index contributed by atoms with van der Waals surface area (Å²) in [7, 11) is 1.69. The first kappa shape index (κ1) is 10.6. The molecule has 1 rings (SSSR count). The standard InChI is InChI=1S/C9H16N2OS/c1-3-4-10-5-9-11-8(6-12-2)7-13-9/h7,10H,3-6H2,1-2H3. The van der Waals surface area contributed by atoms with Crippen molar-refractivity contribution in [2.24, 2.45) is 0 Å². The van der Waals surface area contributed by atoms with E-state index in [1.807, 2.05) is 5.38 Å². The Kier molecular flexibility index (Phi) is 4.97. The zero-order valence-electron chi connectivity index (χ0n) is 8.17. The highest BCUT2D eigenvalue weighted by atomic mass is 32.1. The fraction of sp³-hybridized carbons (Fsp3) is 0.667. The highest BCUT2D eigenvalue weighted by Crippen LogP contribution is 2.09. The van der Waals surface area contributed by atoms with Gasteiger partial charge in [0.2, 0.25) is 0 Å². The summed E-state index contributed by atoms with van der Waals surface area (Å²) >= 11 is 1.69. The molecule has 13 heavy (non-hydrogen) atoms. The molecule has 0 bridgehead atoms. The number of hydrogen-bond donors (Lipinski definition) is 1. The maximum Gasteiger partial charge on any atom is 0.107 e. The van der Waals surface area contributed by atoms with E-state index in [0.717, 1.165) is 30.2 Å². The second-order valence-corrected chi connectivity index (χ2v) is 3.79. The van der Waals surface area contributed by atoms with Crippen molar-refractivity contribution in [3.8, 4) is 0 Å². The van der Waals surface area contributed by atoms with Gasteiger partial charge in [-0.05, 0) is 13.0 Å². The van der Waals surface area contributed by atoms with Gasteiger partial charge in [0.1, 0.15) is 5.01 Å². The number of ether oxygens (including phenoxy) is 1. The van der Waals surface area contributed by atoms with Crippen molar-refractivity contribution >= 4 is 11.3 Å². The lowest BCUT2D eigenvalue weighted by atomic mass is 10.5. The predicted molar refractivity (Wildman–Crippen MR) is 54.8 cm³/mol. The molecule has 74 valence electrons. The van der Waals surface area contributed by atoms with Gasteiger partial charge in [-0.1, -0.05) is 6.92 Å². The highest BCUT2D eigenvalue weighted by Gasteiger charge is 2.00. The van der Waals surface area contributed by atoms with E-state index in [-0.39, 0.29) is 0 Å². The first-order valence-electron chi connectivity index (χ1n) is 4.49. The normalized spacial score (nSPS) is 10.6. The van der Waals surface area contributed by atoms with Gasteiger partial charge in [-0.3, -0.25) is 0 Å². The van der Waals surface area contributed by atoms with Gasteiger partial charge in [0, 0.05) is 19.0 Å². The SMILES string of the molecule is CCCNCc1nc(COC)cs1. The van der Waals surface area contributed by atoms with Crippen molar-refractivity contribution in [2.75, 3.05) is 13.7 Å². The molecule has 0 unspecified atom stereocenters. The molecule has 0 saturated heterocycles. The lowest BCUT2D eigenvalue weighted by molar-refractivity contribution is 0.182. The molecule has 0 aliphatic heterocycles. The Morgan fingerprint density at radius 3 is 3.15 bits per heavy atom. The van der Waals surface area contributed by atoms with Gasteiger partial charge < -0.3 is 10.1 Å². The van der Waals surface area contributed by atoms with Gasteiger partial charge in [0.15, 0.2) is 0 Å².